The van der Waals surface area contributed by atoms with Gasteiger partial charge in [0.15, 0.2) is 0 Å². The van der Waals surface area contributed by atoms with E-state index in [9.17, 15) is 13.2 Å². The van der Waals surface area contributed by atoms with Crippen molar-refractivity contribution in [3.05, 3.63) is 0 Å². The third kappa shape index (κ3) is 8.23. The van der Waals surface area contributed by atoms with Crippen LogP contribution in [0.25, 0.3) is 0 Å². The maximum Gasteiger partial charge on any atom is 0.389 e. The second-order valence-electron chi connectivity index (χ2n) is 3.84. The van der Waals surface area contributed by atoms with Gasteiger partial charge in [-0.15, -0.1) is 0 Å². The van der Waals surface area contributed by atoms with Gasteiger partial charge in [0.05, 0.1) is 5.84 Å². The van der Waals surface area contributed by atoms with Gasteiger partial charge in [-0.2, -0.15) is 13.2 Å². The lowest BCUT2D eigenvalue weighted by molar-refractivity contribution is -0.136. The van der Waals surface area contributed by atoms with Gasteiger partial charge < -0.3 is 10.6 Å². The van der Waals surface area contributed by atoms with Crippen LogP contribution in [0.15, 0.2) is 0 Å². The summed E-state index contributed by atoms with van der Waals surface area (Å²) in [5.41, 5.74) is 5.26. The van der Waals surface area contributed by atoms with E-state index in [0.717, 1.165) is 0 Å². The van der Waals surface area contributed by atoms with Gasteiger partial charge in [-0.1, -0.05) is 6.92 Å². The molecule has 1 atom stereocenters. The number of rotatable bonds is 6. The molecule has 0 saturated heterocycles. The van der Waals surface area contributed by atoms with Crippen molar-refractivity contribution in [2.45, 2.75) is 25.9 Å². The molecule has 0 saturated carbocycles. The maximum absolute atomic E-state index is 11.8. The molecule has 0 radical (unpaired) electrons. The van der Waals surface area contributed by atoms with Crippen molar-refractivity contribution in [3.63, 3.8) is 0 Å². The highest BCUT2D eigenvalue weighted by atomic mass is 19.4. The fraction of sp³-hybridized carbons (Fsp3) is 0.889. The van der Waals surface area contributed by atoms with Crippen molar-refractivity contribution in [3.8, 4) is 0 Å². The van der Waals surface area contributed by atoms with E-state index in [0.29, 0.717) is 13.1 Å². The topological polar surface area (TPSA) is 53.1 Å². The lowest BCUT2D eigenvalue weighted by Gasteiger charge is -2.20. The minimum Gasteiger partial charge on any atom is -0.387 e. The van der Waals surface area contributed by atoms with Crippen LogP contribution in [-0.2, 0) is 0 Å². The minimum absolute atomic E-state index is 0.0673. The van der Waals surface area contributed by atoms with E-state index < -0.39 is 12.6 Å². The lowest BCUT2D eigenvalue weighted by Crippen LogP contribution is -2.32. The molecule has 0 aromatic rings. The quantitative estimate of drug-likeness (QED) is 0.535. The van der Waals surface area contributed by atoms with Crippen LogP contribution in [0.3, 0.4) is 0 Å². The molecular weight excluding hydrogens is 207 g/mol. The summed E-state index contributed by atoms with van der Waals surface area (Å²) in [5, 5.41) is 7.14. The molecule has 0 aromatic carbocycles. The van der Waals surface area contributed by atoms with Gasteiger partial charge in [0.1, 0.15) is 0 Å². The molecule has 3 nitrogen and oxygen atoms in total. The molecule has 1 unspecified atom stereocenters. The van der Waals surface area contributed by atoms with E-state index >= 15 is 0 Å². The Labute approximate surface area is 87.9 Å². The number of nitrogens with one attached hydrogen (secondary N) is 1. The maximum atomic E-state index is 11.8. The zero-order valence-electron chi connectivity index (χ0n) is 9.06. The monoisotopic (exact) mass is 225 g/mol. The highest BCUT2D eigenvalue weighted by molar-refractivity contribution is 5.79. The first kappa shape index (κ1) is 14.2. The van der Waals surface area contributed by atoms with E-state index in [2.05, 4.69) is 0 Å². The molecular formula is C9H18F3N3. The molecule has 0 rings (SSSR count). The molecule has 0 bridgehead atoms. The number of nitrogens with two attached hydrogens (primary N) is 1. The van der Waals surface area contributed by atoms with Gasteiger partial charge in [0.2, 0.25) is 0 Å². The third-order valence-corrected chi connectivity index (χ3v) is 2.12. The molecule has 3 N–H and O–H groups in total. The molecule has 0 aliphatic heterocycles. The Morgan fingerprint density at radius 3 is 2.40 bits per heavy atom. The predicted octanol–water partition coefficient (Wildman–Crippen LogP) is 1.83. The normalized spacial score (nSPS) is 14.3. The second-order valence-corrected chi connectivity index (χ2v) is 3.84. The highest BCUT2D eigenvalue weighted by Gasteiger charge is 2.26. The summed E-state index contributed by atoms with van der Waals surface area (Å²) < 4.78 is 35.5. The van der Waals surface area contributed by atoms with Crippen LogP contribution in [0.4, 0.5) is 13.2 Å². The predicted molar refractivity (Wildman–Crippen MR) is 53.9 cm³/mol. The standard InChI is InChI=1S/C9H18F3N3/c1-7(8(13)14)6-15(2)5-3-4-9(10,11)12/h7H,3-6H2,1-2H3,(H3,13,14). The molecule has 0 spiro atoms. The second kappa shape index (κ2) is 5.95. The Morgan fingerprint density at radius 1 is 1.47 bits per heavy atom. The molecule has 0 aliphatic carbocycles. The molecule has 0 amide bonds. The summed E-state index contributed by atoms with van der Waals surface area (Å²) in [6, 6.07) is 0. The van der Waals surface area contributed by atoms with Crippen LogP contribution in [0.1, 0.15) is 19.8 Å². The van der Waals surface area contributed by atoms with Crippen LogP contribution in [-0.4, -0.2) is 37.0 Å². The van der Waals surface area contributed by atoms with E-state index in [-0.39, 0.29) is 18.2 Å². The first-order valence-electron chi connectivity index (χ1n) is 4.81. The van der Waals surface area contributed by atoms with Crippen molar-refractivity contribution in [2.24, 2.45) is 11.7 Å². The Balaban J connectivity index is 3.67. The molecule has 0 fully saturated rings. The van der Waals surface area contributed by atoms with Gasteiger partial charge >= 0.3 is 6.18 Å². The van der Waals surface area contributed by atoms with Crippen molar-refractivity contribution >= 4 is 5.84 Å². The summed E-state index contributed by atoms with van der Waals surface area (Å²) in [7, 11) is 1.73. The smallest absolute Gasteiger partial charge is 0.387 e. The summed E-state index contributed by atoms with van der Waals surface area (Å²) in [6.07, 6.45) is -4.75. The lowest BCUT2D eigenvalue weighted by atomic mass is 10.1. The fourth-order valence-electron chi connectivity index (χ4n) is 1.21. The number of nitrogens with zero attached hydrogens (tertiary/aromatic N) is 1. The Kier molecular flexibility index (Phi) is 5.64. The van der Waals surface area contributed by atoms with Crippen molar-refractivity contribution in [1.82, 2.24) is 4.90 Å². The third-order valence-electron chi connectivity index (χ3n) is 2.12. The van der Waals surface area contributed by atoms with Crippen LogP contribution < -0.4 is 5.73 Å². The number of amidine groups is 1. The SMILES string of the molecule is CC(CN(C)CCCC(F)(F)F)C(=N)N. The zero-order chi connectivity index (χ0) is 12.1. The summed E-state index contributed by atoms with van der Waals surface area (Å²) in [4.78, 5) is 1.76. The van der Waals surface area contributed by atoms with Gasteiger partial charge in [-0.05, 0) is 20.0 Å². The summed E-state index contributed by atoms with van der Waals surface area (Å²) >= 11 is 0. The first-order valence-corrected chi connectivity index (χ1v) is 4.81. The van der Waals surface area contributed by atoms with Crippen molar-refractivity contribution in [2.75, 3.05) is 20.1 Å². The molecule has 0 aliphatic rings. The van der Waals surface area contributed by atoms with E-state index in [1.807, 2.05) is 0 Å². The molecule has 6 heteroatoms. The van der Waals surface area contributed by atoms with Gasteiger partial charge in [-0.3, -0.25) is 5.41 Å². The largest absolute Gasteiger partial charge is 0.389 e. The number of hydrogen-bond donors (Lipinski definition) is 2. The van der Waals surface area contributed by atoms with Gasteiger partial charge in [-0.25, -0.2) is 0 Å². The number of alkyl halides is 3. The summed E-state index contributed by atoms with van der Waals surface area (Å²) in [5.74, 6) is -0.0430. The fourth-order valence-corrected chi connectivity index (χ4v) is 1.21. The summed E-state index contributed by atoms with van der Waals surface area (Å²) in [6.45, 7) is 2.67. The highest BCUT2D eigenvalue weighted by Crippen LogP contribution is 2.21. The Hall–Kier alpha value is -0.780. The first-order chi connectivity index (χ1) is 6.72. The van der Waals surface area contributed by atoms with Gasteiger partial charge in [0, 0.05) is 18.9 Å². The van der Waals surface area contributed by atoms with Crippen LogP contribution in [0, 0.1) is 11.3 Å². The average Bonchev–Trinajstić information content (AvgIpc) is 2.01. The molecule has 90 valence electrons. The van der Waals surface area contributed by atoms with E-state index in [1.54, 1.807) is 18.9 Å². The zero-order valence-corrected chi connectivity index (χ0v) is 9.06. The van der Waals surface area contributed by atoms with Crippen molar-refractivity contribution < 1.29 is 13.2 Å². The van der Waals surface area contributed by atoms with E-state index in [4.69, 9.17) is 11.1 Å². The molecule has 0 aromatic heterocycles. The number of halogens is 3. The van der Waals surface area contributed by atoms with Crippen LogP contribution >= 0.6 is 0 Å². The Bertz CT molecular complexity index is 203. The molecule has 15 heavy (non-hydrogen) atoms. The van der Waals surface area contributed by atoms with Crippen molar-refractivity contribution in [1.29, 1.82) is 5.41 Å². The van der Waals surface area contributed by atoms with Crippen LogP contribution in [0.5, 0.6) is 0 Å². The van der Waals surface area contributed by atoms with Gasteiger partial charge in [0.25, 0.3) is 0 Å². The minimum atomic E-state index is -4.08. The molecule has 0 heterocycles. The van der Waals surface area contributed by atoms with E-state index in [1.165, 1.54) is 0 Å². The van der Waals surface area contributed by atoms with Crippen LogP contribution in [0.2, 0.25) is 0 Å². The number of hydrogen-bond acceptors (Lipinski definition) is 2. The Morgan fingerprint density at radius 2 is 2.00 bits per heavy atom. The average molecular weight is 225 g/mol.